The second-order valence-corrected chi connectivity index (χ2v) is 2.81. The first-order chi connectivity index (χ1) is 6.72. The Morgan fingerprint density at radius 2 is 2.00 bits per heavy atom. The molecule has 0 aliphatic carbocycles. The number of hydrogen-bond donors (Lipinski definition) is 1. The van der Waals surface area contributed by atoms with Crippen molar-refractivity contribution >= 4 is 11.6 Å². The molecular formula is C11H13NO2. The third-order valence-corrected chi connectivity index (χ3v) is 1.70. The zero-order chi connectivity index (χ0) is 10.4. The van der Waals surface area contributed by atoms with Crippen molar-refractivity contribution in [3.63, 3.8) is 0 Å². The second kappa shape index (κ2) is 5.07. The number of nitrogens with one attached hydrogen (secondary N) is 1. The number of carbonyl (C=O) groups is 1. The SMILES string of the molecule is CO/C(C)=C/C(=O)Nc1ccccc1. The Hall–Kier alpha value is -1.77. The van der Waals surface area contributed by atoms with Gasteiger partial charge >= 0.3 is 0 Å². The summed E-state index contributed by atoms with van der Waals surface area (Å²) in [6, 6.07) is 9.28. The predicted octanol–water partition coefficient (Wildman–Crippen LogP) is 2.18. The van der Waals surface area contributed by atoms with Gasteiger partial charge in [-0.1, -0.05) is 18.2 Å². The van der Waals surface area contributed by atoms with Crippen molar-refractivity contribution in [1.29, 1.82) is 0 Å². The summed E-state index contributed by atoms with van der Waals surface area (Å²) in [5.41, 5.74) is 0.776. The largest absolute Gasteiger partial charge is 0.501 e. The van der Waals surface area contributed by atoms with Gasteiger partial charge in [-0.05, 0) is 19.1 Å². The van der Waals surface area contributed by atoms with Crippen LogP contribution in [-0.4, -0.2) is 13.0 Å². The van der Waals surface area contributed by atoms with Gasteiger partial charge in [0.2, 0.25) is 0 Å². The van der Waals surface area contributed by atoms with Crippen molar-refractivity contribution < 1.29 is 9.53 Å². The molecule has 0 heterocycles. The van der Waals surface area contributed by atoms with Crippen LogP contribution in [0.1, 0.15) is 6.92 Å². The minimum atomic E-state index is -0.185. The second-order valence-electron chi connectivity index (χ2n) is 2.81. The third kappa shape index (κ3) is 3.31. The summed E-state index contributed by atoms with van der Waals surface area (Å²) >= 11 is 0. The highest BCUT2D eigenvalue weighted by atomic mass is 16.5. The smallest absolute Gasteiger partial charge is 0.251 e. The van der Waals surface area contributed by atoms with Crippen LogP contribution >= 0.6 is 0 Å². The Labute approximate surface area is 83.4 Å². The lowest BCUT2D eigenvalue weighted by Crippen LogP contribution is -2.08. The molecule has 0 saturated heterocycles. The van der Waals surface area contributed by atoms with E-state index in [4.69, 9.17) is 4.74 Å². The van der Waals surface area contributed by atoms with E-state index in [1.807, 2.05) is 30.3 Å². The van der Waals surface area contributed by atoms with E-state index in [0.717, 1.165) is 5.69 Å². The van der Waals surface area contributed by atoms with Crippen LogP contribution in [0.4, 0.5) is 5.69 Å². The van der Waals surface area contributed by atoms with Crippen LogP contribution < -0.4 is 5.32 Å². The lowest BCUT2D eigenvalue weighted by atomic mass is 10.3. The van der Waals surface area contributed by atoms with E-state index in [0.29, 0.717) is 5.76 Å². The minimum Gasteiger partial charge on any atom is -0.501 e. The van der Waals surface area contributed by atoms with Crippen molar-refractivity contribution in [1.82, 2.24) is 0 Å². The van der Waals surface area contributed by atoms with Crippen LogP contribution in [0.2, 0.25) is 0 Å². The lowest BCUT2D eigenvalue weighted by molar-refractivity contribution is -0.112. The fraction of sp³-hybridized carbons (Fsp3) is 0.182. The Morgan fingerprint density at radius 3 is 2.57 bits per heavy atom. The van der Waals surface area contributed by atoms with Gasteiger partial charge in [0, 0.05) is 11.8 Å². The Kier molecular flexibility index (Phi) is 3.73. The van der Waals surface area contributed by atoms with Crippen molar-refractivity contribution in [2.45, 2.75) is 6.92 Å². The molecule has 3 heteroatoms. The Balaban J connectivity index is 2.58. The number of rotatable bonds is 3. The van der Waals surface area contributed by atoms with Gasteiger partial charge in [-0.25, -0.2) is 0 Å². The molecule has 0 saturated carbocycles. The molecule has 74 valence electrons. The molecule has 1 N–H and O–H groups in total. The molecule has 0 aliphatic rings. The highest BCUT2D eigenvalue weighted by Gasteiger charge is 1.98. The normalized spacial score (nSPS) is 10.9. The Bertz CT molecular complexity index is 330. The summed E-state index contributed by atoms with van der Waals surface area (Å²) in [5, 5.41) is 2.71. The van der Waals surface area contributed by atoms with E-state index in [9.17, 15) is 4.79 Å². The molecule has 0 atom stereocenters. The number of benzene rings is 1. The number of carbonyl (C=O) groups excluding carboxylic acids is 1. The van der Waals surface area contributed by atoms with E-state index in [1.165, 1.54) is 13.2 Å². The summed E-state index contributed by atoms with van der Waals surface area (Å²) in [6.07, 6.45) is 1.41. The molecule has 3 nitrogen and oxygen atoms in total. The maximum Gasteiger partial charge on any atom is 0.251 e. The standard InChI is InChI=1S/C11H13NO2/c1-9(14-2)8-11(13)12-10-6-4-3-5-7-10/h3-8H,1-2H3,(H,12,13)/b9-8+. The highest BCUT2D eigenvalue weighted by Crippen LogP contribution is 2.05. The maximum absolute atomic E-state index is 11.3. The number of anilines is 1. The van der Waals surface area contributed by atoms with Gasteiger partial charge in [-0.2, -0.15) is 0 Å². The summed E-state index contributed by atoms with van der Waals surface area (Å²) in [7, 11) is 1.53. The molecule has 14 heavy (non-hydrogen) atoms. The van der Waals surface area contributed by atoms with E-state index >= 15 is 0 Å². The van der Waals surface area contributed by atoms with Gasteiger partial charge in [0.25, 0.3) is 5.91 Å². The van der Waals surface area contributed by atoms with Gasteiger partial charge in [0.1, 0.15) is 0 Å². The lowest BCUT2D eigenvalue weighted by Gasteiger charge is -2.02. The van der Waals surface area contributed by atoms with E-state index in [2.05, 4.69) is 5.32 Å². The highest BCUT2D eigenvalue weighted by molar-refractivity contribution is 5.99. The summed E-state index contributed by atoms with van der Waals surface area (Å²) in [5.74, 6) is 0.397. The van der Waals surface area contributed by atoms with Crippen LogP contribution in [0, 0.1) is 0 Å². The summed E-state index contributed by atoms with van der Waals surface area (Å²) in [4.78, 5) is 11.3. The summed E-state index contributed by atoms with van der Waals surface area (Å²) < 4.78 is 4.86. The van der Waals surface area contributed by atoms with Gasteiger partial charge in [-0.15, -0.1) is 0 Å². The molecular weight excluding hydrogens is 178 g/mol. The van der Waals surface area contributed by atoms with E-state index in [1.54, 1.807) is 6.92 Å². The number of amides is 1. The quantitative estimate of drug-likeness (QED) is 0.587. The molecule has 0 spiro atoms. The van der Waals surface area contributed by atoms with E-state index in [-0.39, 0.29) is 5.91 Å². The first-order valence-corrected chi connectivity index (χ1v) is 4.30. The van der Waals surface area contributed by atoms with Crippen molar-refractivity contribution in [2.75, 3.05) is 12.4 Å². The van der Waals surface area contributed by atoms with Gasteiger partial charge < -0.3 is 10.1 Å². The number of methoxy groups -OCH3 is 1. The van der Waals surface area contributed by atoms with Crippen molar-refractivity contribution in [3.8, 4) is 0 Å². The Morgan fingerprint density at radius 1 is 1.36 bits per heavy atom. The third-order valence-electron chi connectivity index (χ3n) is 1.70. The molecule has 0 aromatic heterocycles. The van der Waals surface area contributed by atoms with Crippen LogP contribution in [0.3, 0.4) is 0 Å². The molecule has 0 fully saturated rings. The van der Waals surface area contributed by atoms with Gasteiger partial charge in [0.05, 0.1) is 12.9 Å². The van der Waals surface area contributed by atoms with Gasteiger partial charge in [0.15, 0.2) is 0 Å². The van der Waals surface area contributed by atoms with Crippen molar-refractivity contribution in [2.24, 2.45) is 0 Å². The number of para-hydroxylation sites is 1. The molecule has 0 aliphatic heterocycles. The monoisotopic (exact) mass is 191 g/mol. The fourth-order valence-corrected chi connectivity index (χ4v) is 0.943. The summed E-state index contributed by atoms with van der Waals surface area (Å²) in [6.45, 7) is 1.73. The van der Waals surface area contributed by atoms with Crippen LogP contribution in [0.5, 0.6) is 0 Å². The zero-order valence-corrected chi connectivity index (χ0v) is 8.28. The van der Waals surface area contributed by atoms with Gasteiger partial charge in [-0.3, -0.25) is 4.79 Å². The number of allylic oxidation sites excluding steroid dienone is 1. The van der Waals surface area contributed by atoms with Crippen molar-refractivity contribution in [3.05, 3.63) is 42.2 Å². The minimum absolute atomic E-state index is 0.185. The molecule has 1 aromatic carbocycles. The average Bonchev–Trinajstić information content (AvgIpc) is 2.19. The van der Waals surface area contributed by atoms with E-state index < -0.39 is 0 Å². The molecule has 0 bridgehead atoms. The molecule has 1 amide bonds. The number of hydrogen-bond acceptors (Lipinski definition) is 2. The molecule has 0 radical (unpaired) electrons. The van der Waals surface area contributed by atoms with Crippen LogP contribution in [-0.2, 0) is 9.53 Å². The molecule has 1 aromatic rings. The average molecular weight is 191 g/mol. The zero-order valence-electron chi connectivity index (χ0n) is 8.28. The fourth-order valence-electron chi connectivity index (χ4n) is 0.943. The first-order valence-electron chi connectivity index (χ1n) is 4.30. The maximum atomic E-state index is 11.3. The number of ether oxygens (including phenoxy) is 1. The molecule has 1 rings (SSSR count). The van der Waals surface area contributed by atoms with Crippen LogP contribution in [0.25, 0.3) is 0 Å². The topological polar surface area (TPSA) is 38.3 Å². The molecule has 0 unspecified atom stereocenters. The van der Waals surface area contributed by atoms with Crippen LogP contribution in [0.15, 0.2) is 42.2 Å². The predicted molar refractivity (Wildman–Crippen MR) is 55.8 cm³/mol. The first kappa shape index (κ1) is 10.3.